The Balaban J connectivity index is 2.09. The van der Waals surface area contributed by atoms with Gasteiger partial charge in [0.25, 0.3) is 0 Å². The van der Waals surface area contributed by atoms with Crippen LogP contribution in [0, 0.1) is 11.3 Å². The summed E-state index contributed by atoms with van der Waals surface area (Å²) in [6.45, 7) is 4.43. The zero-order chi connectivity index (χ0) is 12.3. The number of thiophene rings is 1. The topological polar surface area (TPSA) is 35.8 Å². The van der Waals surface area contributed by atoms with Gasteiger partial charge >= 0.3 is 0 Å². The molecule has 92 valence electrons. The minimum absolute atomic E-state index is 0.327. The lowest BCUT2D eigenvalue weighted by molar-refractivity contribution is 0.404. The van der Waals surface area contributed by atoms with Crippen molar-refractivity contribution in [3.05, 3.63) is 17.0 Å². The largest absolute Gasteiger partial charge is 0.306 e. The van der Waals surface area contributed by atoms with Gasteiger partial charge in [-0.1, -0.05) is 13.8 Å². The fourth-order valence-electron chi connectivity index (χ4n) is 2.22. The second-order valence-corrected chi connectivity index (χ2v) is 7.14. The zero-order valence-electron chi connectivity index (χ0n) is 10.3. The number of nitrogens with zero attached hydrogens (tertiary/aromatic N) is 1. The third-order valence-corrected chi connectivity index (χ3v) is 5.52. The first-order valence-corrected chi connectivity index (χ1v) is 7.87. The molecule has 4 heteroatoms. The summed E-state index contributed by atoms with van der Waals surface area (Å²) in [5.74, 6) is 0. The second kappa shape index (κ2) is 5.90. The van der Waals surface area contributed by atoms with Crippen molar-refractivity contribution in [2.45, 2.75) is 54.7 Å². The maximum Gasteiger partial charge on any atom is 0.0649 e. The zero-order valence-corrected chi connectivity index (χ0v) is 11.9. The molecule has 1 aliphatic heterocycles. The van der Waals surface area contributed by atoms with Crippen LogP contribution in [0.3, 0.4) is 0 Å². The molecular formula is C13H18N2S2. The van der Waals surface area contributed by atoms with Crippen LogP contribution in [-0.4, -0.2) is 11.3 Å². The van der Waals surface area contributed by atoms with Crippen molar-refractivity contribution in [1.29, 1.82) is 5.26 Å². The predicted molar refractivity (Wildman–Crippen MR) is 74.4 cm³/mol. The van der Waals surface area contributed by atoms with E-state index in [1.54, 1.807) is 0 Å². The van der Waals surface area contributed by atoms with E-state index in [4.69, 9.17) is 5.26 Å². The molecule has 2 heterocycles. The van der Waals surface area contributed by atoms with Gasteiger partial charge in [0.1, 0.15) is 0 Å². The highest BCUT2D eigenvalue weighted by Crippen LogP contribution is 2.43. The Labute approximate surface area is 111 Å². The number of fused-ring (bicyclic) bond motifs is 1. The van der Waals surface area contributed by atoms with E-state index in [9.17, 15) is 0 Å². The van der Waals surface area contributed by atoms with Crippen LogP contribution in [-0.2, 0) is 0 Å². The molecule has 1 aromatic rings. The summed E-state index contributed by atoms with van der Waals surface area (Å²) < 4.78 is 1.45. The van der Waals surface area contributed by atoms with E-state index in [1.165, 1.54) is 9.77 Å². The fraction of sp³-hybridized carbons (Fsp3) is 0.615. The van der Waals surface area contributed by atoms with Crippen molar-refractivity contribution in [2.75, 3.05) is 0 Å². The van der Waals surface area contributed by atoms with Crippen LogP contribution in [0.15, 0.2) is 15.7 Å². The van der Waals surface area contributed by atoms with E-state index in [1.807, 2.05) is 23.1 Å². The van der Waals surface area contributed by atoms with Crippen molar-refractivity contribution in [3.8, 4) is 6.07 Å². The van der Waals surface area contributed by atoms with Crippen molar-refractivity contribution in [1.82, 2.24) is 5.32 Å². The van der Waals surface area contributed by atoms with Crippen LogP contribution in [0.2, 0.25) is 0 Å². The van der Waals surface area contributed by atoms with E-state index in [2.05, 4.69) is 36.7 Å². The Morgan fingerprint density at radius 1 is 1.65 bits per heavy atom. The first-order valence-electron chi connectivity index (χ1n) is 6.11. The van der Waals surface area contributed by atoms with Gasteiger partial charge < -0.3 is 5.32 Å². The molecule has 0 fully saturated rings. The van der Waals surface area contributed by atoms with E-state index >= 15 is 0 Å². The van der Waals surface area contributed by atoms with Crippen LogP contribution < -0.4 is 5.32 Å². The van der Waals surface area contributed by atoms with E-state index < -0.39 is 0 Å². The van der Waals surface area contributed by atoms with Gasteiger partial charge in [-0.2, -0.15) is 5.26 Å². The average Bonchev–Trinajstić information content (AvgIpc) is 2.76. The SMILES string of the molecule is CCC(CC#N)NC1C[C@H](C)Sc2sccc21. The molecule has 2 rings (SSSR count). The Morgan fingerprint density at radius 3 is 3.18 bits per heavy atom. The summed E-state index contributed by atoms with van der Waals surface area (Å²) in [5, 5.41) is 15.3. The standard InChI is InChI=1S/C13H18N2S2/c1-3-10(4-6-14)15-12-8-9(2)17-13-11(12)5-7-16-13/h5,7,9-10,12,15H,3-4,8H2,1-2H3/t9-,10?,12?/m0/s1. The highest BCUT2D eigenvalue weighted by atomic mass is 32.2. The van der Waals surface area contributed by atoms with Crippen LogP contribution in [0.25, 0.3) is 0 Å². The van der Waals surface area contributed by atoms with E-state index in [0.717, 1.165) is 12.8 Å². The van der Waals surface area contributed by atoms with Gasteiger partial charge in [-0.25, -0.2) is 0 Å². The third-order valence-electron chi connectivity index (χ3n) is 3.18. The second-order valence-electron chi connectivity index (χ2n) is 4.51. The Bertz CT molecular complexity index is 408. The van der Waals surface area contributed by atoms with Gasteiger partial charge in [0.05, 0.1) is 16.7 Å². The molecule has 2 unspecified atom stereocenters. The van der Waals surface area contributed by atoms with Crippen molar-refractivity contribution < 1.29 is 0 Å². The van der Waals surface area contributed by atoms with Crippen LogP contribution in [0.4, 0.5) is 0 Å². The number of thioether (sulfide) groups is 1. The van der Waals surface area contributed by atoms with Gasteiger partial charge in [-0.05, 0) is 29.9 Å². The monoisotopic (exact) mass is 266 g/mol. The highest BCUT2D eigenvalue weighted by Gasteiger charge is 2.27. The smallest absolute Gasteiger partial charge is 0.0649 e. The molecule has 0 saturated heterocycles. The van der Waals surface area contributed by atoms with Gasteiger partial charge in [-0.15, -0.1) is 23.1 Å². The molecule has 0 aliphatic carbocycles. The molecule has 1 aliphatic rings. The lowest BCUT2D eigenvalue weighted by Gasteiger charge is -2.30. The molecule has 1 N–H and O–H groups in total. The average molecular weight is 266 g/mol. The molecule has 1 aromatic heterocycles. The number of rotatable bonds is 4. The van der Waals surface area contributed by atoms with Crippen LogP contribution in [0.5, 0.6) is 0 Å². The Hall–Kier alpha value is -0.500. The maximum atomic E-state index is 8.81. The minimum atomic E-state index is 0.327. The molecule has 0 aromatic carbocycles. The van der Waals surface area contributed by atoms with Crippen molar-refractivity contribution in [3.63, 3.8) is 0 Å². The number of hydrogen-bond acceptors (Lipinski definition) is 4. The summed E-state index contributed by atoms with van der Waals surface area (Å²) >= 11 is 3.82. The van der Waals surface area contributed by atoms with Crippen molar-refractivity contribution >= 4 is 23.1 Å². The lowest BCUT2D eigenvalue weighted by Crippen LogP contribution is -2.34. The Morgan fingerprint density at radius 2 is 2.47 bits per heavy atom. The van der Waals surface area contributed by atoms with E-state index in [0.29, 0.717) is 23.8 Å². The quantitative estimate of drug-likeness (QED) is 0.896. The van der Waals surface area contributed by atoms with Crippen molar-refractivity contribution in [2.24, 2.45) is 0 Å². The summed E-state index contributed by atoms with van der Waals surface area (Å²) in [4.78, 5) is 0. The molecule has 0 saturated carbocycles. The fourth-order valence-corrected chi connectivity index (χ4v) is 4.79. The lowest BCUT2D eigenvalue weighted by atomic mass is 10.0. The number of nitriles is 1. The first kappa shape index (κ1) is 12.9. The normalized spacial score (nSPS) is 25.0. The molecular weight excluding hydrogens is 248 g/mol. The number of hydrogen-bond donors (Lipinski definition) is 1. The van der Waals surface area contributed by atoms with Gasteiger partial charge in [0, 0.05) is 17.3 Å². The highest BCUT2D eigenvalue weighted by molar-refractivity contribution is 8.01. The Kier molecular flexibility index (Phi) is 4.49. The molecule has 17 heavy (non-hydrogen) atoms. The summed E-state index contributed by atoms with van der Waals surface area (Å²) in [5.41, 5.74) is 1.44. The minimum Gasteiger partial charge on any atom is -0.306 e. The molecule has 2 nitrogen and oxygen atoms in total. The van der Waals surface area contributed by atoms with Gasteiger partial charge in [0.15, 0.2) is 0 Å². The predicted octanol–water partition coefficient (Wildman–Crippen LogP) is 3.96. The summed E-state index contributed by atoms with van der Waals surface area (Å²) in [6, 6.07) is 5.27. The summed E-state index contributed by atoms with van der Waals surface area (Å²) in [7, 11) is 0. The number of nitrogens with one attached hydrogen (secondary N) is 1. The van der Waals surface area contributed by atoms with Crippen LogP contribution in [0.1, 0.15) is 44.7 Å². The molecule has 0 radical (unpaired) electrons. The van der Waals surface area contributed by atoms with E-state index in [-0.39, 0.29) is 0 Å². The van der Waals surface area contributed by atoms with Gasteiger partial charge in [0.2, 0.25) is 0 Å². The van der Waals surface area contributed by atoms with Gasteiger partial charge in [-0.3, -0.25) is 0 Å². The third kappa shape index (κ3) is 3.04. The molecule has 0 bridgehead atoms. The summed E-state index contributed by atoms with van der Waals surface area (Å²) in [6.07, 6.45) is 2.79. The molecule has 3 atom stereocenters. The van der Waals surface area contributed by atoms with Crippen LogP contribution >= 0.6 is 23.1 Å². The maximum absolute atomic E-state index is 8.81. The molecule has 0 amide bonds. The first-order chi connectivity index (χ1) is 8.24. The molecule has 0 spiro atoms.